The number of amides is 1. The van der Waals surface area contributed by atoms with Crippen molar-refractivity contribution in [2.75, 3.05) is 5.32 Å². The van der Waals surface area contributed by atoms with Crippen molar-refractivity contribution in [1.29, 1.82) is 5.26 Å². The summed E-state index contributed by atoms with van der Waals surface area (Å²) < 4.78 is 0. The highest BCUT2D eigenvalue weighted by Gasteiger charge is 2.13. The van der Waals surface area contributed by atoms with Gasteiger partial charge in [-0.05, 0) is 30.7 Å². The number of benzene rings is 2. The molecular weight excluding hydrogens is 326 g/mol. The molecule has 1 amide bonds. The quantitative estimate of drug-likeness (QED) is 0.739. The van der Waals surface area contributed by atoms with Gasteiger partial charge >= 0.3 is 0 Å². The van der Waals surface area contributed by atoms with Crippen LogP contribution in [-0.4, -0.2) is 15.9 Å². The van der Waals surface area contributed by atoms with Crippen LogP contribution in [0.15, 0.2) is 67.0 Å². The Kier molecular flexibility index (Phi) is 5.20. The fourth-order valence-electron chi connectivity index (χ4n) is 2.42. The second kappa shape index (κ2) is 7.90. The molecule has 1 atom stereocenters. The third kappa shape index (κ3) is 4.22. The number of hydrogen-bond acceptors (Lipinski definition) is 5. The molecule has 1 unspecified atom stereocenters. The van der Waals surface area contributed by atoms with Crippen LogP contribution in [0, 0.1) is 11.3 Å². The van der Waals surface area contributed by atoms with Crippen molar-refractivity contribution in [3.63, 3.8) is 0 Å². The summed E-state index contributed by atoms with van der Waals surface area (Å²) in [6.45, 7) is 1.92. The van der Waals surface area contributed by atoms with Gasteiger partial charge in [-0.25, -0.2) is 9.97 Å². The molecule has 0 spiro atoms. The van der Waals surface area contributed by atoms with Gasteiger partial charge in [-0.3, -0.25) is 4.79 Å². The Morgan fingerprint density at radius 2 is 1.88 bits per heavy atom. The third-order valence-corrected chi connectivity index (χ3v) is 3.80. The molecule has 6 heteroatoms. The molecule has 2 aromatic carbocycles. The average Bonchev–Trinajstić information content (AvgIpc) is 2.69. The Labute approximate surface area is 151 Å². The number of hydrogen-bond donors (Lipinski definition) is 2. The van der Waals surface area contributed by atoms with E-state index in [0.29, 0.717) is 11.4 Å². The number of nitriles is 1. The third-order valence-electron chi connectivity index (χ3n) is 3.80. The number of carbonyl (C=O) groups is 1. The Morgan fingerprint density at radius 3 is 2.58 bits per heavy atom. The van der Waals surface area contributed by atoms with Crippen molar-refractivity contribution in [2.24, 2.45) is 0 Å². The second-order valence-corrected chi connectivity index (χ2v) is 5.71. The van der Waals surface area contributed by atoms with Crippen LogP contribution in [0.1, 0.15) is 34.6 Å². The zero-order valence-electron chi connectivity index (χ0n) is 14.2. The SMILES string of the molecule is CC(NC(=O)c1cnc(Nc2cccc(C#N)c2)cn1)c1ccccc1. The molecule has 0 aliphatic rings. The zero-order valence-corrected chi connectivity index (χ0v) is 14.2. The summed E-state index contributed by atoms with van der Waals surface area (Å²) in [5.74, 6) is 0.208. The van der Waals surface area contributed by atoms with E-state index in [-0.39, 0.29) is 17.6 Å². The normalized spacial score (nSPS) is 11.2. The van der Waals surface area contributed by atoms with E-state index in [1.165, 1.54) is 12.4 Å². The minimum atomic E-state index is -0.285. The van der Waals surface area contributed by atoms with Crippen molar-refractivity contribution in [3.05, 3.63) is 83.8 Å². The topological polar surface area (TPSA) is 90.7 Å². The molecule has 3 rings (SSSR count). The van der Waals surface area contributed by atoms with E-state index in [4.69, 9.17) is 5.26 Å². The number of carbonyl (C=O) groups excluding carboxylic acids is 1. The largest absolute Gasteiger partial charge is 0.344 e. The summed E-state index contributed by atoms with van der Waals surface area (Å²) >= 11 is 0. The first-order chi connectivity index (χ1) is 12.7. The van der Waals surface area contributed by atoms with Crippen molar-refractivity contribution >= 4 is 17.4 Å². The highest BCUT2D eigenvalue weighted by Crippen LogP contribution is 2.16. The molecule has 0 saturated heterocycles. The highest BCUT2D eigenvalue weighted by molar-refractivity contribution is 5.92. The summed E-state index contributed by atoms with van der Waals surface area (Å²) in [7, 11) is 0. The molecule has 0 aliphatic carbocycles. The van der Waals surface area contributed by atoms with Gasteiger partial charge in [0, 0.05) is 5.69 Å². The standard InChI is InChI=1S/C20H17N5O/c1-14(16-7-3-2-4-8-16)24-20(26)18-12-23-19(13-22-18)25-17-9-5-6-15(10-17)11-21/h2-10,12-14H,1H3,(H,23,25)(H,24,26). The van der Waals surface area contributed by atoms with Crippen molar-refractivity contribution in [3.8, 4) is 6.07 Å². The van der Waals surface area contributed by atoms with E-state index >= 15 is 0 Å². The lowest BCUT2D eigenvalue weighted by Gasteiger charge is -2.14. The fraction of sp³-hybridized carbons (Fsp3) is 0.100. The molecule has 3 aromatic rings. The smallest absolute Gasteiger partial charge is 0.271 e. The molecule has 0 aliphatic heterocycles. The molecule has 1 aromatic heterocycles. The van der Waals surface area contributed by atoms with E-state index in [9.17, 15) is 4.79 Å². The molecule has 6 nitrogen and oxygen atoms in total. The van der Waals surface area contributed by atoms with Crippen molar-refractivity contribution in [2.45, 2.75) is 13.0 Å². The van der Waals surface area contributed by atoms with E-state index in [1.807, 2.05) is 43.3 Å². The molecule has 128 valence electrons. The van der Waals surface area contributed by atoms with Gasteiger partial charge in [0.2, 0.25) is 0 Å². The van der Waals surface area contributed by atoms with Gasteiger partial charge in [-0.2, -0.15) is 5.26 Å². The first-order valence-corrected chi connectivity index (χ1v) is 8.11. The molecule has 2 N–H and O–H groups in total. The Morgan fingerprint density at radius 1 is 1.08 bits per heavy atom. The first kappa shape index (κ1) is 17.1. The van der Waals surface area contributed by atoms with Crippen LogP contribution in [-0.2, 0) is 0 Å². The second-order valence-electron chi connectivity index (χ2n) is 5.71. The number of nitrogens with zero attached hydrogens (tertiary/aromatic N) is 3. The van der Waals surface area contributed by atoms with Gasteiger partial charge in [0.1, 0.15) is 11.5 Å². The lowest BCUT2D eigenvalue weighted by Crippen LogP contribution is -2.27. The summed E-state index contributed by atoms with van der Waals surface area (Å²) in [6.07, 6.45) is 2.91. The summed E-state index contributed by atoms with van der Waals surface area (Å²) in [6, 6.07) is 18.7. The van der Waals surface area contributed by atoms with Crippen LogP contribution < -0.4 is 10.6 Å². The van der Waals surface area contributed by atoms with Gasteiger partial charge < -0.3 is 10.6 Å². The van der Waals surface area contributed by atoms with Gasteiger partial charge in [-0.15, -0.1) is 0 Å². The van der Waals surface area contributed by atoms with E-state index in [1.54, 1.807) is 18.2 Å². The lowest BCUT2D eigenvalue weighted by atomic mass is 10.1. The van der Waals surface area contributed by atoms with E-state index < -0.39 is 0 Å². The number of anilines is 2. The van der Waals surface area contributed by atoms with Crippen LogP contribution in [0.2, 0.25) is 0 Å². The van der Waals surface area contributed by atoms with Crippen LogP contribution >= 0.6 is 0 Å². The summed E-state index contributed by atoms with van der Waals surface area (Å²) in [5.41, 5.74) is 2.54. The molecule has 0 fully saturated rings. The molecule has 26 heavy (non-hydrogen) atoms. The number of rotatable bonds is 5. The Hall–Kier alpha value is -3.72. The lowest BCUT2D eigenvalue weighted by molar-refractivity contribution is 0.0934. The van der Waals surface area contributed by atoms with Crippen molar-refractivity contribution in [1.82, 2.24) is 15.3 Å². The maximum atomic E-state index is 12.3. The Bertz CT molecular complexity index is 932. The van der Waals surface area contributed by atoms with Crippen LogP contribution in [0.3, 0.4) is 0 Å². The minimum absolute atomic E-state index is 0.128. The monoisotopic (exact) mass is 343 g/mol. The van der Waals surface area contributed by atoms with Gasteiger partial charge in [-0.1, -0.05) is 36.4 Å². The van der Waals surface area contributed by atoms with E-state index in [2.05, 4.69) is 26.7 Å². The predicted molar refractivity (Wildman–Crippen MR) is 98.8 cm³/mol. The minimum Gasteiger partial charge on any atom is -0.344 e. The Balaban J connectivity index is 1.65. The maximum absolute atomic E-state index is 12.3. The molecule has 1 heterocycles. The van der Waals surface area contributed by atoms with Gasteiger partial charge in [0.25, 0.3) is 5.91 Å². The summed E-state index contributed by atoms with van der Waals surface area (Å²) in [4.78, 5) is 20.7. The van der Waals surface area contributed by atoms with Gasteiger partial charge in [0.05, 0.1) is 30.1 Å². The van der Waals surface area contributed by atoms with E-state index in [0.717, 1.165) is 11.3 Å². The molecule has 0 radical (unpaired) electrons. The van der Waals surface area contributed by atoms with Crippen LogP contribution in [0.4, 0.5) is 11.5 Å². The fourth-order valence-corrected chi connectivity index (χ4v) is 2.42. The number of nitrogens with one attached hydrogen (secondary N) is 2. The molecule has 0 saturated carbocycles. The van der Waals surface area contributed by atoms with Crippen molar-refractivity contribution < 1.29 is 4.79 Å². The summed E-state index contributed by atoms with van der Waals surface area (Å²) in [5, 5.41) is 14.9. The molecule has 0 bridgehead atoms. The first-order valence-electron chi connectivity index (χ1n) is 8.11. The zero-order chi connectivity index (χ0) is 18.4. The maximum Gasteiger partial charge on any atom is 0.271 e. The number of aromatic nitrogens is 2. The van der Waals surface area contributed by atoms with Crippen LogP contribution in [0.25, 0.3) is 0 Å². The predicted octanol–water partition coefficient (Wildman–Crippen LogP) is 3.58. The van der Waals surface area contributed by atoms with Crippen LogP contribution in [0.5, 0.6) is 0 Å². The molecular formula is C20H17N5O. The highest BCUT2D eigenvalue weighted by atomic mass is 16.1. The average molecular weight is 343 g/mol. The van der Waals surface area contributed by atoms with Gasteiger partial charge in [0.15, 0.2) is 0 Å².